The summed E-state index contributed by atoms with van der Waals surface area (Å²) in [6, 6.07) is 17.3. The van der Waals surface area contributed by atoms with E-state index in [1.807, 2.05) is 37.3 Å². The minimum Gasteiger partial charge on any atom is -0.377 e. The summed E-state index contributed by atoms with van der Waals surface area (Å²) in [6.07, 6.45) is 3.01. The van der Waals surface area contributed by atoms with Crippen LogP contribution in [0.2, 0.25) is 0 Å². The summed E-state index contributed by atoms with van der Waals surface area (Å²) < 4.78 is 35.0. The van der Waals surface area contributed by atoms with Crippen LogP contribution in [-0.2, 0) is 21.4 Å². The highest BCUT2D eigenvalue weighted by molar-refractivity contribution is 7.89. The van der Waals surface area contributed by atoms with E-state index in [0.29, 0.717) is 35.9 Å². The van der Waals surface area contributed by atoms with E-state index in [1.165, 1.54) is 12.0 Å². The van der Waals surface area contributed by atoms with E-state index in [-0.39, 0.29) is 11.5 Å². The lowest BCUT2D eigenvalue weighted by Crippen LogP contribution is -2.61. The van der Waals surface area contributed by atoms with Gasteiger partial charge in [0.2, 0.25) is 10.0 Å². The molecule has 3 aliphatic rings. The minimum absolute atomic E-state index is 0.0200. The van der Waals surface area contributed by atoms with Crippen molar-refractivity contribution in [2.24, 2.45) is 23.2 Å². The van der Waals surface area contributed by atoms with Crippen molar-refractivity contribution in [2.75, 3.05) is 6.61 Å². The van der Waals surface area contributed by atoms with Gasteiger partial charge in [0.05, 0.1) is 11.5 Å². The van der Waals surface area contributed by atoms with Gasteiger partial charge in [-0.05, 0) is 67.1 Å². The van der Waals surface area contributed by atoms with E-state index in [0.717, 1.165) is 18.4 Å². The van der Waals surface area contributed by atoms with Crippen LogP contribution >= 0.6 is 0 Å². The Morgan fingerprint density at radius 3 is 2.40 bits per heavy atom. The summed E-state index contributed by atoms with van der Waals surface area (Å²) in [7, 11) is -3.51. The Morgan fingerprint density at radius 2 is 1.73 bits per heavy atom. The fraction of sp³-hybridized carbons (Fsp3) is 0.520. The van der Waals surface area contributed by atoms with Gasteiger partial charge < -0.3 is 4.74 Å². The molecule has 162 valence electrons. The molecule has 0 unspecified atom stereocenters. The van der Waals surface area contributed by atoms with Crippen LogP contribution in [0.15, 0.2) is 59.5 Å². The largest absolute Gasteiger partial charge is 0.377 e. The summed E-state index contributed by atoms with van der Waals surface area (Å²) in [5.41, 5.74) is 2.51. The molecular weight excluding hydrogens is 394 g/mol. The predicted molar refractivity (Wildman–Crippen MR) is 119 cm³/mol. The zero-order chi connectivity index (χ0) is 21.4. The van der Waals surface area contributed by atoms with Crippen LogP contribution in [0, 0.1) is 30.1 Å². The molecule has 0 amide bonds. The number of sulfonamides is 1. The molecule has 3 aliphatic carbocycles. The Morgan fingerprint density at radius 1 is 1.03 bits per heavy atom. The zero-order valence-electron chi connectivity index (χ0n) is 18.2. The smallest absolute Gasteiger partial charge is 0.240 e. The highest BCUT2D eigenvalue weighted by Crippen LogP contribution is 2.62. The third-order valence-corrected chi connectivity index (χ3v) is 8.97. The van der Waals surface area contributed by atoms with Crippen LogP contribution in [0.1, 0.15) is 44.2 Å². The molecule has 2 aromatic rings. The second-order valence-corrected chi connectivity index (χ2v) is 11.3. The van der Waals surface area contributed by atoms with Crippen molar-refractivity contribution in [3.05, 3.63) is 65.7 Å². The number of nitrogens with one attached hydrogen (secondary N) is 1. The Balaban J connectivity index is 1.42. The third-order valence-electron chi connectivity index (χ3n) is 7.46. The highest BCUT2D eigenvalue weighted by atomic mass is 32.2. The van der Waals surface area contributed by atoms with E-state index in [2.05, 4.69) is 30.7 Å². The Hall–Kier alpha value is -1.69. The van der Waals surface area contributed by atoms with Gasteiger partial charge in [0.1, 0.15) is 0 Å². The van der Waals surface area contributed by atoms with Crippen molar-refractivity contribution in [3.63, 3.8) is 0 Å². The van der Waals surface area contributed by atoms with E-state index in [4.69, 9.17) is 4.74 Å². The number of hydrogen-bond donors (Lipinski definition) is 1. The number of fused-ring (bicyclic) bond motifs is 2. The quantitative estimate of drug-likeness (QED) is 0.608. The van der Waals surface area contributed by atoms with Crippen molar-refractivity contribution >= 4 is 10.0 Å². The molecule has 2 aromatic carbocycles. The predicted octanol–water partition coefficient (Wildman–Crippen LogP) is 4.93. The van der Waals surface area contributed by atoms with Gasteiger partial charge in [0.25, 0.3) is 0 Å². The van der Waals surface area contributed by atoms with E-state index in [1.54, 1.807) is 12.1 Å². The van der Waals surface area contributed by atoms with Gasteiger partial charge in [-0.1, -0.05) is 61.9 Å². The topological polar surface area (TPSA) is 55.4 Å². The molecule has 5 heteroatoms. The van der Waals surface area contributed by atoms with Crippen LogP contribution in [-0.4, -0.2) is 21.1 Å². The highest BCUT2D eigenvalue weighted by Gasteiger charge is 2.57. The molecular formula is C25H33NO3S. The minimum atomic E-state index is -3.51. The molecule has 2 bridgehead atoms. The molecule has 30 heavy (non-hydrogen) atoms. The first-order chi connectivity index (χ1) is 14.3. The maximum Gasteiger partial charge on any atom is 0.240 e. The lowest BCUT2D eigenvalue weighted by Gasteiger charge is -2.62. The number of benzene rings is 2. The Kier molecular flexibility index (Phi) is 6.06. The Bertz CT molecular complexity index is 954. The lowest BCUT2D eigenvalue weighted by molar-refractivity contribution is -0.123. The molecule has 0 heterocycles. The number of aryl methyl sites for hydroxylation is 1. The van der Waals surface area contributed by atoms with Crippen LogP contribution in [0.3, 0.4) is 0 Å². The fourth-order valence-electron chi connectivity index (χ4n) is 5.45. The summed E-state index contributed by atoms with van der Waals surface area (Å²) in [4.78, 5) is 0.352. The average Bonchev–Trinajstić information content (AvgIpc) is 2.72. The fourth-order valence-corrected chi connectivity index (χ4v) is 6.75. The summed E-state index contributed by atoms with van der Waals surface area (Å²) in [5, 5.41) is 0. The van der Waals surface area contributed by atoms with Crippen LogP contribution in [0.25, 0.3) is 0 Å². The average molecular weight is 428 g/mol. The molecule has 1 N–H and O–H groups in total. The summed E-state index contributed by atoms with van der Waals surface area (Å²) in [6.45, 7) is 7.90. The second-order valence-electron chi connectivity index (χ2n) is 9.63. The third kappa shape index (κ3) is 4.34. The van der Waals surface area contributed by atoms with Gasteiger partial charge in [-0.3, -0.25) is 0 Å². The molecule has 0 spiro atoms. The molecule has 3 saturated carbocycles. The Labute approximate surface area is 181 Å². The van der Waals surface area contributed by atoms with Gasteiger partial charge in [-0.15, -0.1) is 0 Å². The summed E-state index contributed by atoms with van der Waals surface area (Å²) >= 11 is 0. The molecule has 0 aromatic heterocycles. The zero-order valence-corrected chi connectivity index (χ0v) is 19.0. The van der Waals surface area contributed by atoms with Gasteiger partial charge in [0, 0.05) is 12.6 Å². The lowest BCUT2D eigenvalue weighted by atomic mass is 9.44. The van der Waals surface area contributed by atoms with Gasteiger partial charge in [-0.2, -0.15) is 0 Å². The van der Waals surface area contributed by atoms with Crippen LogP contribution in [0.4, 0.5) is 0 Å². The molecule has 0 radical (unpaired) electrons. The molecule has 0 aliphatic heterocycles. The standard InChI is InChI=1S/C25H33NO3S/c1-18-9-11-21(12-10-18)30(27,28)26-24-16-20-15-23(25(20,2)3)22(24)13-14-29-17-19-7-5-4-6-8-19/h4-12,20,22-24,26H,13-17H2,1-3H3/t20-,22+,23+,24+/m1/s1. The van der Waals surface area contributed by atoms with Crippen molar-refractivity contribution in [3.8, 4) is 0 Å². The maximum absolute atomic E-state index is 13.0. The van der Waals surface area contributed by atoms with Gasteiger partial charge in [0.15, 0.2) is 0 Å². The SMILES string of the molecule is Cc1ccc(S(=O)(=O)N[C@H]2C[C@H]3C[C@@H]([C@@H]2CCOCc2ccccc2)C3(C)C)cc1. The monoisotopic (exact) mass is 427 g/mol. The normalized spacial score (nSPS) is 27.4. The van der Waals surface area contributed by atoms with E-state index in [9.17, 15) is 8.42 Å². The number of rotatable bonds is 8. The van der Waals surface area contributed by atoms with E-state index >= 15 is 0 Å². The summed E-state index contributed by atoms with van der Waals surface area (Å²) in [5.74, 6) is 1.44. The molecule has 5 rings (SSSR count). The van der Waals surface area contributed by atoms with Crippen molar-refractivity contribution in [2.45, 2.75) is 57.6 Å². The van der Waals surface area contributed by atoms with Gasteiger partial charge in [-0.25, -0.2) is 13.1 Å². The van der Waals surface area contributed by atoms with Crippen molar-refractivity contribution in [1.82, 2.24) is 4.72 Å². The molecule has 4 atom stereocenters. The molecule has 0 saturated heterocycles. The van der Waals surface area contributed by atoms with Crippen LogP contribution in [0.5, 0.6) is 0 Å². The number of ether oxygens (including phenoxy) is 1. The van der Waals surface area contributed by atoms with Crippen molar-refractivity contribution in [1.29, 1.82) is 0 Å². The first-order valence-electron chi connectivity index (χ1n) is 11.0. The van der Waals surface area contributed by atoms with Crippen molar-refractivity contribution < 1.29 is 13.2 Å². The van der Waals surface area contributed by atoms with E-state index < -0.39 is 10.0 Å². The number of hydrogen-bond acceptors (Lipinski definition) is 3. The maximum atomic E-state index is 13.0. The molecule has 3 fully saturated rings. The first kappa shape index (κ1) is 21.5. The van der Waals surface area contributed by atoms with Crippen LogP contribution < -0.4 is 4.72 Å². The van der Waals surface area contributed by atoms with Gasteiger partial charge >= 0.3 is 0 Å². The first-order valence-corrected chi connectivity index (χ1v) is 12.5. The molecule has 4 nitrogen and oxygen atoms in total. The second kappa shape index (κ2) is 8.45.